The predicted molar refractivity (Wildman–Crippen MR) is 61.1 cm³/mol. The maximum atomic E-state index is 6.12. The van der Waals surface area contributed by atoms with Crippen LogP contribution in [0.1, 0.15) is 25.1 Å². The quantitative estimate of drug-likeness (QED) is 0.795. The first-order valence-corrected chi connectivity index (χ1v) is 5.65. The van der Waals surface area contributed by atoms with Crippen molar-refractivity contribution in [2.75, 3.05) is 18.0 Å². The third-order valence-electron chi connectivity index (χ3n) is 2.67. The Morgan fingerprint density at radius 3 is 2.67 bits per heavy atom. The van der Waals surface area contributed by atoms with E-state index in [1.54, 1.807) is 0 Å². The van der Waals surface area contributed by atoms with E-state index in [0.29, 0.717) is 5.15 Å². The van der Waals surface area contributed by atoms with Gasteiger partial charge in [0, 0.05) is 31.7 Å². The van der Waals surface area contributed by atoms with E-state index in [4.69, 9.17) is 11.6 Å². The van der Waals surface area contributed by atoms with E-state index in [0.717, 1.165) is 43.4 Å². The summed E-state index contributed by atoms with van der Waals surface area (Å²) in [4.78, 5) is 11.0. The van der Waals surface area contributed by atoms with Gasteiger partial charge in [0.2, 0.25) is 5.95 Å². The second kappa shape index (κ2) is 4.33. The molecular formula is C10H15ClN4. The lowest BCUT2D eigenvalue weighted by Crippen LogP contribution is -2.24. The fourth-order valence-corrected chi connectivity index (χ4v) is 2.01. The second-order valence-electron chi connectivity index (χ2n) is 3.52. The van der Waals surface area contributed by atoms with Crippen LogP contribution < -0.4 is 10.2 Å². The van der Waals surface area contributed by atoms with Gasteiger partial charge >= 0.3 is 0 Å². The van der Waals surface area contributed by atoms with Crippen LogP contribution in [0.4, 0.5) is 5.95 Å². The van der Waals surface area contributed by atoms with Crippen molar-refractivity contribution in [1.29, 1.82) is 0 Å². The Morgan fingerprint density at radius 1 is 1.27 bits per heavy atom. The molecule has 0 spiro atoms. The molecule has 1 aliphatic rings. The molecule has 15 heavy (non-hydrogen) atoms. The highest BCUT2D eigenvalue weighted by Crippen LogP contribution is 2.23. The van der Waals surface area contributed by atoms with Gasteiger partial charge in [-0.25, -0.2) is 9.97 Å². The molecule has 2 rings (SSSR count). The van der Waals surface area contributed by atoms with E-state index in [2.05, 4.69) is 34.0 Å². The Morgan fingerprint density at radius 2 is 2.00 bits per heavy atom. The summed E-state index contributed by atoms with van der Waals surface area (Å²) in [7, 11) is 0. The average Bonchev–Trinajstić information content (AvgIpc) is 2.68. The van der Waals surface area contributed by atoms with Crippen LogP contribution in [0.3, 0.4) is 0 Å². The van der Waals surface area contributed by atoms with Crippen LogP contribution >= 0.6 is 11.6 Å². The van der Waals surface area contributed by atoms with Crippen molar-refractivity contribution in [2.45, 2.75) is 26.9 Å². The van der Waals surface area contributed by atoms with Gasteiger partial charge in [0.05, 0.1) is 5.69 Å². The van der Waals surface area contributed by atoms with E-state index < -0.39 is 0 Å². The van der Waals surface area contributed by atoms with E-state index >= 15 is 0 Å². The molecule has 0 bridgehead atoms. The monoisotopic (exact) mass is 226 g/mol. The average molecular weight is 227 g/mol. The number of nitrogens with zero attached hydrogens (tertiary/aromatic N) is 3. The first-order valence-electron chi connectivity index (χ1n) is 5.27. The summed E-state index contributed by atoms with van der Waals surface area (Å²) in [6.45, 7) is 7.56. The summed E-state index contributed by atoms with van der Waals surface area (Å²) in [6, 6.07) is 0. The number of anilines is 1. The number of halogens is 1. The van der Waals surface area contributed by atoms with E-state index in [1.165, 1.54) is 0 Å². The van der Waals surface area contributed by atoms with Gasteiger partial charge in [-0.3, -0.25) is 0 Å². The molecular weight excluding hydrogens is 212 g/mol. The summed E-state index contributed by atoms with van der Waals surface area (Å²) < 4.78 is 0. The molecule has 1 aromatic heterocycles. The Labute approximate surface area is 94.7 Å². The van der Waals surface area contributed by atoms with Crippen LogP contribution in [0.2, 0.25) is 5.15 Å². The van der Waals surface area contributed by atoms with Crippen LogP contribution in [0.5, 0.6) is 0 Å². The summed E-state index contributed by atoms with van der Waals surface area (Å²) in [5.41, 5.74) is 2.09. The molecule has 1 aromatic rings. The van der Waals surface area contributed by atoms with Gasteiger partial charge in [-0.1, -0.05) is 11.6 Å². The fraction of sp³-hybridized carbons (Fsp3) is 0.600. The highest BCUT2D eigenvalue weighted by atomic mass is 35.5. The Kier molecular flexibility index (Phi) is 3.07. The van der Waals surface area contributed by atoms with Crippen molar-refractivity contribution in [3.63, 3.8) is 0 Å². The Balaban J connectivity index is 2.38. The van der Waals surface area contributed by atoms with Gasteiger partial charge in [0.1, 0.15) is 5.15 Å². The molecule has 0 unspecified atom stereocenters. The minimum Gasteiger partial charge on any atom is -0.341 e. The molecule has 4 nitrogen and oxygen atoms in total. The Bertz CT molecular complexity index is 363. The first kappa shape index (κ1) is 10.6. The van der Waals surface area contributed by atoms with Crippen LogP contribution in [-0.4, -0.2) is 23.1 Å². The topological polar surface area (TPSA) is 41.1 Å². The molecule has 0 atom stereocenters. The minimum atomic E-state index is 0.590. The predicted octanol–water partition coefficient (Wildman–Crippen LogP) is 1.58. The van der Waals surface area contributed by atoms with Crippen LogP contribution in [0, 0.1) is 0 Å². The molecule has 0 fully saturated rings. The highest BCUT2D eigenvalue weighted by Gasteiger charge is 2.19. The smallest absolute Gasteiger partial charge is 0.227 e. The molecule has 0 aromatic carbocycles. The third-order valence-corrected chi connectivity index (χ3v) is 2.98. The van der Waals surface area contributed by atoms with Gasteiger partial charge < -0.3 is 10.2 Å². The lowest BCUT2D eigenvalue weighted by atomic mass is 10.3. The van der Waals surface area contributed by atoms with E-state index in [9.17, 15) is 0 Å². The minimum absolute atomic E-state index is 0.590. The van der Waals surface area contributed by atoms with Gasteiger partial charge in [-0.15, -0.1) is 0 Å². The number of rotatable bonds is 3. The summed E-state index contributed by atoms with van der Waals surface area (Å²) >= 11 is 6.12. The number of fused-ring (bicyclic) bond motifs is 1. The van der Waals surface area contributed by atoms with Crippen molar-refractivity contribution < 1.29 is 0 Å². The van der Waals surface area contributed by atoms with Crippen LogP contribution in [-0.2, 0) is 13.1 Å². The molecule has 1 aliphatic heterocycles. The molecule has 0 amide bonds. The number of hydrogen-bond donors (Lipinski definition) is 1. The largest absolute Gasteiger partial charge is 0.341 e. The third kappa shape index (κ3) is 1.92. The molecule has 2 heterocycles. The van der Waals surface area contributed by atoms with E-state index in [1.807, 2.05) is 0 Å². The summed E-state index contributed by atoms with van der Waals surface area (Å²) in [6.07, 6.45) is 0. The molecule has 0 radical (unpaired) electrons. The summed E-state index contributed by atoms with van der Waals surface area (Å²) in [5, 5.41) is 3.81. The second-order valence-corrected chi connectivity index (χ2v) is 3.87. The molecule has 1 N–H and O–H groups in total. The summed E-state index contributed by atoms with van der Waals surface area (Å²) in [5.74, 6) is 0.743. The lowest BCUT2D eigenvalue weighted by molar-refractivity contribution is 0.755. The molecule has 0 aliphatic carbocycles. The standard InChI is InChI=1S/C10H15ClN4/c1-3-15(4-2)10-13-8-6-12-5-7(8)9(11)14-10/h12H,3-6H2,1-2H3. The molecule has 82 valence electrons. The zero-order valence-electron chi connectivity index (χ0n) is 9.05. The number of nitrogens with one attached hydrogen (secondary N) is 1. The van der Waals surface area contributed by atoms with Gasteiger partial charge in [0.25, 0.3) is 0 Å². The van der Waals surface area contributed by atoms with E-state index in [-0.39, 0.29) is 0 Å². The zero-order chi connectivity index (χ0) is 10.8. The van der Waals surface area contributed by atoms with Gasteiger partial charge in [-0.05, 0) is 13.8 Å². The maximum Gasteiger partial charge on any atom is 0.227 e. The maximum absolute atomic E-state index is 6.12. The van der Waals surface area contributed by atoms with Crippen molar-refractivity contribution in [3.05, 3.63) is 16.4 Å². The number of hydrogen-bond acceptors (Lipinski definition) is 4. The molecule has 0 saturated heterocycles. The zero-order valence-corrected chi connectivity index (χ0v) is 9.80. The Hall–Kier alpha value is -0.870. The number of aromatic nitrogens is 2. The SMILES string of the molecule is CCN(CC)c1nc(Cl)c2c(n1)CNC2. The van der Waals surface area contributed by atoms with Gasteiger partial charge in [0.15, 0.2) is 0 Å². The highest BCUT2D eigenvalue weighted by molar-refractivity contribution is 6.30. The first-order chi connectivity index (χ1) is 7.26. The van der Waals surface area contributed by atoms with Gasteiger partial charge in [-0.2, -0.15) is 0 Å². The van der Waals surface area contributed by atoms with Crippen molar-refractivity contribution in [2.24, 2.45) is 0 Å². The van der Waals surface area contributed by atoms with Crippen molar-refractivity contribution in [1.82, 2.24) is 15.3 Å². The van der Waals surface area contributed by atoms with Crippen LogP contribution in [0.15, 0.2) is 0 Å². The lowest BCUT2D eigenvalue weighted by Gasteiger charge is -2.19. The molecule has 0 saturated carbocycles. The van der Waals surface area contributed by atoms with Crippen molar-refractivity contribution in [3.8, 4) is 0 Å². The normalized spacial score (nSPS) is 14.1. The molecule has 5 heteroatoms. The fourth-order valence-electron chi connectivity index (χ4n) is 1.76. The van der Waals surface area contributed by atoms with Crippen molar-refractivity contribution >= 4 is 17.5 Å². The van der Waals surface area contributed by atoms with Crippen LogP contribution in [0.25, 0.3) is 0 Å².